The lowest BCUT2D eigenvalue weighted by Gasteiger charge is -2.21. The average Bonchev–Trinajstić information content (AvgIpc) is 3.42. The molecule has 0 fully saturated rings. The lowest BCUT2D eigenvalue weighted by atomic mass is 10.0. The standard InChI is InChI=1S/C61H118O17P2/c1-5-8-11-14-17-20-23-25-27-29-32-35-38-41-44-47-60(65)72-52-58(78-61(66)48-45-42-39-36-33-30-28-26-24-21-18-15-12-9-6-2)54-76-80(69,70)74-50-56(63)49-73-79(67,68)75-53-57(77-55(4)62)51-71-59(64)46-43-40-37-34-31-22-19-16-13-10-7-3/h56-58,63H,5-54H2,1-4H3,(H,67,68)(H,69,70)/t56-,57+,58+/m0/s1. The number of esters is 4. The fourth-order valence-corrected chi connectivity index (χ4v) is 10.9. The fraction of sp³-hybridized carbons (Fsp3) is 0.934. The number of rotatable bonds is 62. The van der Waals surface area contributed by atoms with Gasteiger partial charge in [0.05, 0.1) is 26.4 Å². The van der Waals surface area contributed by atoms with Crippen molar-refractivity contribution < 1.29 is 80.2 Å². The van der Waals surface area contributed by atoms with E-state index in [9.17, 15) is 43.2 Å². The van der Waals surface area contributed by atoms with Gasteiger partial charge in [0.25, 0.3) is 0 Å². The second kappa shape index (κ2) is 56.2. The number of unbranched alkanes of at least 4 members (excludes halogenated alkanes) is 38. The maximum Gasteiger partial charge on any atom is 0.472 e. The van der Waals surface area contributed by atoms with E-state index < -0.39 is 97.5 Å². The van der Waals surface area contributed by atoms with Crippen LogP contribution in [-0.4, -0.2) is 96.7 Å². The summed E-state index contributed by atoms with van der Waals surface area (Å²) in [5.74, 6) is -2.32. The first-order valence-corrected chi connectivity index (χ1v) is 35.2. The van der Waals surface area contributed by atoms with Crippen molar-refractivity contribution in [2.45, 2.75) is 329 Å². The number of phosphoric ester groups is 2. The smallest absolute Gasteiger partial charge is 0.462 e. The predicted octanol–water partition coefficient (Wildman–Crippen LogP) is 16.8. The zero-order valence-corrected chi connectivity index (χ0v) is 52.8. The Labute approximate surface area is 486 Å². The topological polar surface area (TPSA) is 237 Å². The van der Waals surface area contributed by atoms with E-state index in [1.807, 2.05) is 0 Å². The quantitative estimate of drug-likeness (QED) is 0.0222. The Morgan fingerprint density at radius 3 is 0.812 bits per heavy atom. The molecule has 0 aliphatic carbocycles. The van der Waals surface area contributed by atoms with Gasteiger partial charge in [0.15, 0.2) is 12.2 Å². The maximum absolute atomic E-state index is 12.9. The number of aliphatic hydroxyl groups is 1. The Morgan fingerprint density at radius 1 is 0.325 bits per heavy atom. The molecule has 0 aliphatic rings. The fourth-order valence-electron chi connectivity index (χ4n) is 9.28. The molecule has 0 aromatic rings. The monoisotopic (exact) mass is 1180 g/mol. The molecule has 0 rings (SSSR count). The summed E-state index contributed by atoms with van der Waals surface area (Å²) in [7, 11) is -9.83. The average molecular weight is 1190 g/mol. The first-order chi connectivity index (χ1) is 38.6. The van der Waals surface area contributed by atoms with Gasteiger partial charge in [-0.05, 0) is 19.3 Å². The molecule has 19 heteroatoms. The van der Waals surface area contributed by atoms with E-state index in [4.69, 9.17) is 37.0 Å². The van der Waals surface area contributed by atoms with Crippen LogP contribution in [0.3, 0.4) is 0 Å². The van der Waals surface area contributed by atoms with Crippen molar-refractivity contribution in [3.63, 3.8) is 0 Å². The summed E-state index contributed by atoms with van der Waals surface area (Å²) < 4.78 is 66.6. The van der Waals surface area contributed by atoms with Gasteiger partial charge in [-0.1, -0.05) is 265 Å². The number of aliphatic hydroxyl groups excluding tert-OH is 1. The highest BCUT2D eigenvalue weighted by atomic mass is 31.2. The van der Waals surface area contributed by atoms with Crippen LogP contribution in [0, 0.1) is 0 Å². The largest absolute Gasteiger partial charge is 0.472 e. The minimum absolute atomic E-state index is 0.108. The van der Waals surface area contributed by atoms with Crippen LogP contribution in [0.25, 0.3) is 0 Å². The molecule has 0 bridgehead atoms. The predicted molar refractivity (Wildman–Crippen MR) is 317 cm³/mol. The van der Waals surface area contributed by atoms with Crippen LogP contribution in [0.4, 0.5) is 0 Å². The Bertz CT molecular complexity index is 1550. The maximum atomic E-state index is 12.9. The van der Waals surface area contributed by atoms with Gasteiger partial charge in [0.1, 0.15) is 19.3 Å². The van der Waals surface area contributed by atoms with Crippen molar-refractivity contribution in [3.8, 4) is 0 Å². The van der Waals surface area contributed by atoms with Gasteiger partial charge in [-0.15, -0.1) is 0 Å². The second-order valence-corrected chi connectivity index (χ2v) is 25.1. The summed E-state index contributed by atoms with van der Waals surface area (Å²) >= 11 is 0. The van der Waals surface area contributed by atoms with Crippen molar-refractivity contribution in [1.29, 1.82) is 0 Å². The molecule has 80 heavy (non-hydrogen) atoms. The Balaban J connectivity index is 4.88. The zero-order valence-electron chi connectivity index (χ0n) is 51.0. The number of ether oxygens (including phenoxy) is 4. The van der Waals surface area contributed by atoms with Crippen molar-refractivity contribution >= 4 is 39.5 Å². The molecule has 3 N–H and O–H groups in total. The molecule has 0 amide bonds. The molecule has 0 saturated carbocycles. The Kier molecular flexibility index (Phi) is 54.8. The lowest BCUT2D eigenvalue weighted by Crippen LogP contribution is -2.30. The summed E-state index contributed by atoms with van der Waals surface area (Å²) in [5.41, 5.74) is 0. The van der Waals surface area contributed by atoms with Crippen LogP contribution in [0.5, 0.6) is 0 Å². The van der Waals surface area contributed by atoms with Crippen molar-refractivity contribution in [3.05, 3.63) is 0 Å². The van der Waals surface area contributed by atoms with Crippen LogP contribution >= 0.6 is 15.6 Å². The minimum atomic E-state index is -4.93. The molecule has 5 atom stereocenters. The van der Waals surface area contributed by atoms with Crippen LogP contribution in [-0.2, 0) is 65.4 Å². The molecule has 0 aliphatic heterocycles. The summed E-state index contributed by atoms with van der Waals surface area (Å²) in [5, 5.41) is 10.4. The molecule has 17 nitrogen and oxygen atoms in total. The number of carbonyl (C=O) groups excluding carboxylic acids is 4. The third-order valence-electron chi connectivity index (χ3n) is 14.2. The summed E-state index contributed by atoms with van der Waals surface area (Å²) in [4.78, 5) is 70.4. The van der Waals surface area contributed by atoms with Gasteiger partial charge in [0.2, 0.25) is 0 Å². The number of hydrogen-bond donors (Lipinski definition) is 3. The normalized spacial score (nSPS) is 14.2. The van der Waals surface area contributed by atoms with E-state index in [1.54, 1.807) is 0 Å². The van der Waals surface area contributed by atoms with Crippen LogP contribution < -0.4 is 0 Å². The van der Waals surface area contributed by atoms with E-state index in [2.05, 4.69) is 20.8 Å². The number of phosphoric acid groups is 2. The highest BCUT2D eigenvalue weighted by molar-refractivity contribution is 7.47. The third kappa shape index (κ3) is 56.5. The van der Waals surface area contributed by atoms with Crippen molar-refractivity contribution in [2.24, 2.45) is 0 Å². The molecule has 474 valence electrons. The van der Waals surface area contributed by atoms with Crippen molar-refractivity contribution in [1.82, 2.24) is 0 Å². The summed E-state index contributed by atoms with van der Waals surface area (Å²) in [6, 6.07) is 0. The molecule has 0 spiro atoms. The second-order valence-electron chi connectivity index (χ2n) is 22.2. The van der Waals surface area contributed by atoms with Gasteiger partial charge in [0, 0.05) is 26.2 Å². The first kappa shape index (κ1) is 78.1. The molecule has 0 heterocycles. The van der Waals surface area contributed by atoms with Gasteiger partial charge < -0.3 is 33.8 Å². The van der Waals surface area contributed by atoms with Crippen molar-refractivity contribution in [2.75, 3.05) is 39.6 Å². The van der Waals surface area contributed by atoms with E-state index >= 15 is 0 Å². The van der Waals surface area contributed by atoms with Crippen LogP contribution in [0.2, 0.25) is 0 Å². The number of carbonyl (C=O) groups is 4. The Hall–Kier alpha value is -1.94. The minimum Gasteiger partial charge on any atom is -0.462 e. The van der Waals surface area contributed by atoms with Crippen LogP contribution in [0.15, 0.2) is 0 Å². The van der Waals surface area contributed by atoms with Gasteiger partial charge in [-0.2, -0.15) is 0 Å². The molecular formula is C61H118O17P2. The highest BCUT2D eigenvalue weighted by Crippen LogP contribution is 2.45. The first-order valence-electron chi connectivity index (χ1n) is 32.2. The molecule has 2 unspecified atom stereocenters. The molecule has 0 radical (unpaired) electrons. The molecule has 0 saturated heterocycles. The van der Waals surface area contributed by atoms with E-state index in [0.29, 0.717) is 19.3 Å². The molecular weight excluding hydrogens is 1070 g/mol. The highest BCUT2D eigenvalue weighted by Gasteiger charge is 2.30. The van der Waals surface area contributed by atoms with Gasteiger partial charge in [-0.3, -0.25) is 37.3 Å². The molecule has 0 aromatic carbocycles. The van der Waals surface area contributed by atoms with E-state index in [1.165, 1.54) is 180 Å². The van der Waals surface area contributed by atoms with Gasteiger partial charge in [-0.25, -0.2) is 9.13 Å². The lowest BCUT2D eigenvalue weighted by molar-refractivity contribution is -0.161. The SMILES string of the molecule is CCCCCCCCCCCCCCCCCC(=O)OC[C@H](COP(=O)(O)OC[C@@H](O)COP(=O)(O)OC[C@@H](COC(=O)CCCCCCCCCCCCC)OC(C)=O)OC(=O)CCCCCCCCCCCCCCCCC. The molecule has 0 aromatic heterocycles. The van der Waals surface area contributed by atoms with E-state index in [-0.39, 0.29) is 19.3 Å². The van der Waals surface area contributed by atoms with Crippen LogP contribution in [0.1, 0.15) is 310 Å². The Morgan fingerprint density at radius 2 is 0.550 bits per heavy atom. The van der Waals surface area contributed by atoms with Gasteiger partial charge >= 0.3 is 39.5 Å². The summed E-state index contributed by atoms with van der Waals surface area (Å²) in [6.45, 7) is 3.81. The summed E-state index contributed by atoms with van der Waals surface area (Å²) in [6.07, 6.45) is 44.3. The van der Waals surface area contributed by atoms with E-state index in [0.717, 1.165) is 71.1 Å². The number of hydrogen-bond acceptors (Lipinski definition) is 15. The zero-order chi connectivity index (χ0) is 59.1. The third-order valence-corrected chi connectivity index (χ3v) is 16.1.